The number of anilines is 6. The first-order valence-corrected chi connectivity index (χ1v) is 22.6. The number of nitrogens with one attached hydrogen (secondary N) is 5. The number of para-hydroxylation sites is 1. The van der Waals surface area contributed by atoms with Crippen molar-refractivity contribution in [2.45, 2.75) is 37.8 Å². The Hall–Kier alpha value is -6.45. The second-order valence-corrected chi connectivity index (χ2v) is 18.5. The zero-order valence-corrected chi connectivity index (χ0v) is 35.3. The molecular weight excluding hydrogens is 825 g/mol. The Labute approximate surface area is 357 Å². The van der Waals surface area contributed by atoms with Gasteiger partial charge in [-0.2, -0.15) is 4.98 Å². The van der Waals surface area contributed by atoms with Crippen LogP contribution in [-0.4, -0.2) is 103 Å². The number of imide groups is 2. The molecule has 2 saturated heterocycles. The van der Waals surface area contributed by atoms with E-state index in [0.29, 0.717) is 52.0 Å². The molecule has 3 aliphatic heterocycles. The van der Waals surface area contributed by atoms with Gasteiger partial charge in [-0.1, -0.05) is 29.8 Å². The van der Waals surface area contributed by atoms with Crippen molar-refractivity contribution in [3.63, 3.8) is 0 Å². The van der Waals surface area contributed by atoms with Crippen LogP contribution in [0.1, 0.15) is 46.4 Å². The van der Waals surface area contributed by atoms with Crippen molar-refractivity contribution in [3.8, 4) is 5.75 Å². The lowest BCUT2D eigenvalue weighted by atomic mass is 10.0. The molecule has 5 amide bonds. The van der Waals surface area contributed by atoms with Crippen LogP contribution in [0.3, 0.4) is 0 Å². The second kappa shape index (κ2) is 18.4. The molecule has 0 aliphatic carbocycles. The number of ether oxygens (including phenoxy) is 2. The highest BCUT2D eigenvalue weighted by Gasteiger charge is 2.45. The van der Waals surface area contributed by atoms with Crippen LogP contribution >= 0.6 is 18.7 Å². The maximum atomic E-state index is 13.3. The summed E-state index contributed by atoms with van der Waals surface area (Å²) in [5.74, 6) is -1.36. The van der Waals surface area contributed by atoms with Gasteiger partial charge in [0.05, 0.1) is 42.1 Å². The van der Waals surface area contributed by atoms with Crippen LogP contribution in [0.4, 0.5) is 34.5 Å². The average Bonchev–Trinajstić information content (AvgIpc) is 3.49. The first kappa shape index (κ1) is 42.7. The van der Waals surface area contributed by atoms with E-state index in [2.05, 4.69) is 41.5 Å². The van der Waals surface area contributed by atoms with Crippen molar-refractivity contribution in [2.24, 2.45) is 0 Å². The third-order valence-electron chi connectivity index (χ3n) is 10.4. The maximum Gasteiger partial charge on any atom is 0.264 e. The lowest BCUT2D eigenvalue weighted by Crippen LogP contribution is -2.54. The summed E-state index contributed by atoms with van der Waals surface area (Å²) in [5, 5.41) is 15.7. The molecule has 318 valence electrons. The highest BCUT2D eigenvalue weighted by atomic mass is 35.5. The van der Waals surface area contributed by atoms with Gasteiger partial charge < -0.3 is 40.2 Å². The van der Waals surface area contributed by atoms with E-state index < -0.39 is 36.8 Å². The minimum atomic E-state index is -2.58. The number of carbonyl (C=O) groups excluding carboxylic acids is 5. The van der Waals surface area contributed by atoms with E-state index in [9.17, 15) is 28.5 Å². The van der Waals surface area contributed by atoms with Gasteiger partial charge in [0.25, 0.3) is 11.8 Å². The molecule has 7 rings (SSSR count). The summed E-state index contributed by atoms with van der Waals surface area (Å²) < 4.78 is 24.1. The van der Waals surface area contributed by atoms with Crippen molar-refractivity contribution in [2.75, 3.05) is 67.5 Å². The molecule has 3 aromatic carbocycles. The lowest BCUT2D eigenvalue weighted by Gasteiger charge is -2.34. The molecular formula is C42H45ClN9O8P. The largest absolute Gasteiger partial charge is 0.499 e. The molecule has 19 heteroatoms. The van der Waals surface area contributed by atoms with Crippen molar-refractivity contribution >= 4 is 88.1 Å². The standard InChI is InChI=1S/C42H45ClN9O8P/c1-59-33-23-26(11-12-29(33)48-42-45-24-28(43)38(50-42)47-30-8-4-5-10-34(30)61(2,3)58)51-19-15-25(16-20-51)46-36(54)17-21-60-22-18-44-31-9-6-7-27-37(31)41(57)52(40(27)56)32-13-14-35(53)49-39(32)55/h4-12,17,21,23-25,32,44H,13-16,18-20,22H2,1-3H3,(H,46,54)(H,49,53,55)(H2,45,47,48,50)/b21-17+. The average molecular weight is 870 g/mol. The highest BCUT2D eigenvalue weighted by Crippen LogP contribution is 2.39. The number of aromatic nitrogens is 2. The van der Waals surface area contributed by atoms with Crippen molar-refractivity contribution in [1.29, 1.82) is 0 Å². The number of benzene rings is 3. The van der Waals surface area contributed by atoms with E-state index >= 15 is 0 Å². The molecule has 0 saturated carbocycles. The number of rotatable bonds is 15. The normalized spacial score (nSPS) is 17.0. The fourth-order valence-electron chi connectivity index (χ4n) is 7.41. The van der Waals surface area contributed by atoms with Gasteiger partial charge in [0.1, 0.15) is 30.6 Å². The number of halogens is 1. The molecule has 0 spiro atoms. The molecule has 1 atom stereocenters. The van der Waals surface area contributed by atoms with Crippen molar-refractivity contribution in [3.05, 3.63) is 95.3 Å². The Kier molecular flexibility index (Phi) is 12.9. The molecule has 5 N–H and O–H groups in total. The first-order chi connectivity index (χ1) is 29.3. The zero-order valence-electron chi connectivity index (χ0n) is 33.7. The smallest absolute Gasteiger partial charge is 0.264 e. The Morgan fingerprint density at radius 3 is 2.49 bits per heavy atom. The summed E-state index contributed by atoms with van der Waals surface area (Å²) in [6, 6.07) is 16.9. The molecule has 1 unspecified atom stereocenters. The number of nitrogens with zero attached hydrogens (tertiary/aromatic N) is 4. The Morgan fingerprint density at radius 2 is 1.74 bits per heavy atom. The van der Waals surface area contributed by atoms with E-state index in [1.54, 1.807) is 32.6 Å². The number of carbonyl (C=O) groups is 5. The van der Waals surface area contributed by atoms with Gasteiger partial charge in [-0.15, -0.1) is 0 Å². The van der Waals surface area contributed by atoms with Crippen LogP contribution in [0.2, 0.25) is 5.02 Å². The second-order valence-electron chi connectivity index (χ2n) is 14.9. The van der Waals surface area contributed by atoms with Crippen LogP contribution in [0.25, 0.3) is 0 Å². The van der Waals surface area contributed by atoms with E-state index in [1.165, 1.54) is 24.6 Å². The van der Waals surface area contributed by atoms with E-state index in [-0.39, 0.29) is 55.0 Å². The maximum absolute atomic E-state index is 13.3. The summed E-state index contributed by atoms with van der Waals surface area (Å²) in [6.07, 6.45) is 5.67. The number of piperidine rings is 2. The summed E-state index contributed by atoms with van der Waals surface area (Å²) >= 11 is 6.44. The van der Waals surface area contributed by atoms with Crippen LogP contribution in [0.5, 0.6) is 5.75 Å². The van der Waals surface area contributed by atoms with Gasteiger partial charge in [-0.3, -0.25) is 34.2 Å². The topological polar surface area (TPSA) is 213 Å². The minimum Gasteiger partial charge on any atom is -0.499 e. The van der Waals surface area contributed by atoms with Gasteiger partial charge in [0, 0.05) is 60.9 Å². The molecule has 0 bridgehead atoms. The molecule has 2 fully saturated rings. The molecule has 0 radical (unpaired) electrons. The quantitative estimate of drug-likeness (QED) is 0.0350. The third-order valence-corrected chi connectivity index (χ3v) is 12.3. The fourth-order valence-corrected chi connectivity index (χ4v) is 8.70. The highest BCUT2D eigenvalue weighted by molar-refractivity contribution is 7.70. The summed E-state index contributed by atoms with van der Waals surface area (Å²) in [5.41, 5.74) is 2.99. The van der Waals surface area contributed by atoms with Crippen molar-refractivity contribution < 1.29 is 38.0 Å². The fraction of sp³-hybridized carbons (Fsp3) is 0.310. The van der Waals surface area contributed by atoms with Crippen LogP contribution < -0.4 is 41.5 Å². The first-order valence-electron chi connectivity index (χ1n) is 19.6. The number of methoxy groups -OCH3 is 1. The Morgan fingerprint density at radius 1 is 0.967 bits per heavy atom. The van der Waals surface area contributed by atoms with Gasteiger partial charge in [0.2, 0.25) is 23.7 Å². The van der Waals surface area contributed by atoms with Gasteiger partial charge in [-0.05, 0) is 69.0 Å². The van der Waals surface area contributed by atoms with Crippen LogP contribution in [-0.2, 0) is 23.7 Å². The predicted molar refractivity (Wildman–Crippen MR) is 232 cm³/mol. The molecule has 61 heavy (non-hydrogen) atoms. The molecule has 3 aliphatic rings. The SMILES string of the molecule is COc1cc(N2CCC(NC(=O)/C=C/OCCNc3cccc4c3C(=O)N(C3CCC(=O)NC3=O)C4=O)CC2)ccc1Nc1ncc(Cl)c(Nc2ccccc2P(C)(C)=O)n1. The van der Waals surface area contributed by atoms with E-state index in [1.807, 2.05) is 42.5 Å². The summed E-state index contributed by atoms with van der Waals surface area (Å²) in [6.45, 7) is 5.24. The Bertz CT molecular complexity index is 2450. The predicted octanol–water partition coefficient (Wildman–Crippen LogP) is 5.00. The molecule has 17 nitrogen and oxygen atoms in total. The van der Waals surface area contributed by atoms with Crippen molar-refractivity contribution in [1.82, 2.24) is 25.5 Å². The number of fused-ring (bicyclic) bond motifs is 1. The lowest BCUT2D eigenvalue weighted by molar-refractivity contribution is -0.136. The molecule has 1 aromatic heterocycles. The third kappa shape index (κ3) is 9.79. The number of hydrogen-bond donors (Lipinski definition) is 5. The molecule has 4 aromatic rings. The van der Waals surface area contributed by atoms with Crippen LogP contribution in [0.15, 0.2) is 79.2 Å². The zero-order chi connectivity index (χ0) is 43.3. The summed E-state index contributed by atoms with van der Waals surface area (Å²) in [7, 11) is -0.992. The van der Waals surface area contributed by atoms with Gasteiger partial charge >= 0.3 is 0 Å². The van der Waals surface area contributed by atoms with E-state index in [0.717, 1.165) is 23.4 Å². The monoisotopic (exact) mass is 869 g/mol. The number of hydrogen-bond acceptors (Lipinski definition) is 14. The van der Waals surface area contributed by atoms with E-state index in [4.69, 9.17) is 21.1 Å². The van der Waals surface area contributed by atoms with Crippen LogP contribution in [0, 0.1) is 0 Å². The minimum absolute atomic E-state index is 0.0310. The summed E-state index contributed by atoms with van der Waals surface area (Å²) in [4.78, 5) is 75.1. The molecule has 4 heterocycles. The number of amides is 5. The van der Waals surface area contributed by atoms with Gasteiger partial charge in [0.15, 0.2) is 5.82 Å². The Balaban J connectivity index is 0.858. The van der Waals surface area contributed by atoms with Gasteiger partial charge in [-0.25, -0.2) is 4.98 Å².